The lowest BCUT2D eigenvalue weighted by Gasteiger charge is -2.51. The lowest BCUT2D eigenvalue weighted by molar-refractivity contribution is -0.120. The van der Waals surface area contributed by atoms with Crippen LogP contribution >= 0.6 is 0 Å². The van der Waals surface area contributed by atoms with Gasteiger partial charge in [-0.1, -0.05) is 36.9 Å². The molecule has 2 aliphatic rings. The second kappa shape index (κ2) is 6.34. The third-order valence-corrected chi connectivity index (χ3v) is 4.76. The number of hydrogen-bond donors (Lipinski definition) is 1. The Kier molecular flexibility index (Phi) is 4.41. The summed E-state index contributed by atoms with van der Waals surface area (Å²) in [6.45, 7) is 6.83. The monoisotopic (exact) mass is 317 g/mol. The summed E-state index contributed by atoms with van der Waals surface area (Å²) in [7, 11) is 0. The lowest BCUT2D eigenvalue weighted by atomic mass is 9.77. The van der Waals surface area contributed by atoms with Crippen LogP contribution in [-0.4, -0.2) is 47.0 Å². The zero-order valence-corrected chi connectivity index (χ0v) is 13.4. The van der Waals surface area contributed by atoms with Crippen molar-refractivity contribution in [3.05, 3.63) is 48.0 Å². The van der Waals surface area contributed by atoms with Gasteiger partial charge in [0.25, 0.3) is 0 Å². The molecule has 1 aromatic carbocycles. The Morgan fingerprint density at radius 3 is 2.52 bits per heavy atom. The van der Waals surface area contributed by atoms with Crippen molar-refractivity contribution in [2.45, 2.75) is 44.1 Å². The minimum absolute atomic E-state index is 0.174. The third-order valence-electron chi connectivity index (χ3n) is 4.76. The average molecular weight is 317 g/mol. The molecule has 0 aromatic heterocycles. The van der Waals surface area contributed by atoms with E-state index < -0.39 is 5.60 Å². The van der Waals surface area contributed by atoms with E-state index in [1.165, 1.54) is 0 Å². The van der Waals surface area contributed by atoms with Gasteiger partial charge in [0.15, 0.2) is 0 Å². The van der Waals surface area contributed by atoms with E-state index in [1.807, 2.05) is 37.3 Å². The number of hydrogen-bond acceptors (Lipinski definition) is 4. The summed E-state index contributed by atoms with van der Waals surface area (Å²) in [6, 6.07) is 9.26. The third kappa shape index (κ3) is 3.26. The van der Waals surface area contributed by atoms with Crippen molar-refractivity contribution in [2.75, 3.05) is 13.2 Å². The van der Waals surface area contributed by atoms with Crippen molar-refractivity contribution < 1.29 is 19.4 Å². The molecule has 2 atom stereocenters. The smallest absolute Gasteiger partial charge is 0.410 e. The maximum atomic E-state index is 12.5. The largest absolute Gasteiger partial charge is 0.445 e. The SMILES string of the molecule is C=C(C)C1(O)CC2COCC(C1)N2C(=O)OCc1ccccc1. The molecule has 3 rings (SSSR count). The van der Waals surface area contributed by atoms with Gasteiger partial charge >= 0.3 is 6.09 Å². The maximum absolute atomic E-state index is 12.5. The molecule has 124 valence electrons. The molecule has 5 heteroatoms. The summed E-state index contributed by atoms with van der Waals surface area (Å²) in [5.41, 5.74) is 0.777. The van der Waals surface area contributed by atoms with Crippen LogP contribution in [0.4, 0.5) is 4.79 Å². The maximum Gasteiger partial charge on any atom is 0.410 e. The van der Waals surface area contributed by atoms with Gasteiger partial charge in [-0.3, -0.25) is 4.90 Å². The van der Waals surface area contributed by atoms with Crippen molar-refractivity contribution in [1.29, 1.82) is 0 Å². The number of carbonyl (C=O) groups is 1. The van der Waals surface area contributed by atoms with Crippen LogP contribution in [0.2, 0.25) is 0 Å². The number of fused-ring (bicyclic) bond motifs is 2. The fourth-order valence-corrected chi connectivity index (χ4v) is 3.42. The zero-order chi connectivity index (χ0) is 16.4. The van der Waals surface area contributed by atoms with E-state index in [-0.39, 0.29) is 24.8 Å². The summed E-state index contributed by atoms with van der Waals surface area (Å²) in [6.07, 6.45) is 0.550. The van der Waals surface area contributed by atoms with Crippen molar-refractivity contribution in [2.24, 2.45) is 0 Å². The molecule has 0 saturated carbocycles. The van der Waals surface area contributed by atoms with Crippen LogP contribution in [0.1, 0.15) is 25.3 Å². The Morgan fingerprint density at radius 1 is 1.35 bits per heavy atom. The highest BCUT2D eigenvalue weighted by atomic mass is 16.6. The molecule has 2 saturated heterocycles. The molecule has 2 aliphatic heterocycles. The van der Waals surface area contributed by atoms with E-state index in [1.54, 1.807) is 4.90 Å². The van der Waals surface area contributed by atoms with Gasteiger partial charge in [-0.15, -0.1) is 0 Å². The Bertz CT molecular complexity index is 572. The Balaban J connectivity index is 1.68. The highest BCUT2D eigenvalue weighted by Crippen LogP contribution is 2.38. The molecule has 1 amide bonds. The quantitative estimate of drug-likeness (QED) is 0.870. The molecular formula is C18H23NO4. The number of nitrogens with zero attached hydrogens (tertiary/aromatic N) is 1. The summed E-state index contributed by atoms with van der Waals surface area (Å²) in [5, 5.41) is 10.7. The summed E-state index contributed by atoms with van der Waals surface area (Å²) in [5.74, 6) is 0. The molecule has 2 fully saturated rings. The molecule has 0 spiro atoms. The van der Waals surface area contributed by atoms with Gasteiger partial charge in [0.1, 0.15) is 6.61 Å². The molecule has 2 bridgehead atoms. The van der Waals surface area contributed by atoms with Gasteiger partial charge in [0, 0.05) is 12.8 Å². The summed E-state index contributed by atoms with van der Waals surface area (Å²) >= 11 is 0. The predicted molar refractivity (Wildman–Crippen MR) is 85.9 cm³/mol. The van der Waals surface area contributed by atoms with Crippen LogP contribution in [0.5, 0.6) is 0 Å². The minimum Gasteiger partial charge on any atom is -0.445 e. The first-order valence-electron chi connectivity index (χ1n) is 7.95. The fourth-order valence-electron chi connectivity index (χ4n) is 3.42. The number of piperidine rings is 1. The number of rotatable bonds is 3. The summed E-state index contributed by atoms with van der Waals surface area (Å²) < 4.78 is 11.0. The highest BCUT2D eigenvalue weighted by Gasteiger charge is 2.48. The van der Waals surface area contributed by atoms with E-state index in [2.05, 4.69) is 6.58 Å². The standard InChI is InChI=1S/C18H23NO4/c1-13(2)18(21)8-15-11-22-12-16(9-18)19(15)17(20)23-10-14-6-4-3-5-7-14/h3-7,15-16,21H,1,8-12H2,2H3. The molecule has 2 unspecified atom stereocenters. The van der Waals surface area contributed by atoms with Gasteiger partial charge in [0.2, 0.25) is 0 Å². The first-order valence-corrected chi connectivity index (χ1v) is 7.95. The topological polar surface area (TPSA) is 59.0 Å². The van der Waals surface area contributed by atoms with Crippen molar-refractivity contribution in [3.8, 4) is 0 Å². The van der Waals surface area contributed by atoms with Crippen molar-refractivity contribution in [1.82, 2.24) is 4.90 Å². The number of carbonyl (C=O) groups excluding carboxylic acids is 1. The first-order chi connectivity index (χ1) is 11.0. The fraction of sp³-hybridized carbons (Fsp3) is 0.500. The van der Waals surface area contributed by atoms with E-state index in [0.717, 1.165) is 11.1 Å². The molecule has 0 aliphatic carbocycles. The van der Waals surface area contributed by atoms with Crippen LogP contribution in [0.15, 0.2) is 42.5 Å². The number of aliphatic hydroxyl groups is 1. The summed E-state index contributed by atoms with van der Waals surface area (Å²) in [4.78, 5) is 14.2. The van der Waals surface area contributed by atoms with E-state index >= 15 is 0 Å². The van der Waals surface area contributed by atoms with Crippen molar-refractivity contribution >= 4 is 6.09 Å². The Hall–Kier alpha value is -1.85. The highest BCUT2D eigenvalue weighted by molar-refractivity contribution is 5.69. The van der Waals surface area contributed by atoms with E-state index in [4.69, 9.17) is 9.47 Å². The van der Waals surface area contributed by atoms with Gasteiger partial charge < -0.3 is 14.6 Å². The molecule has 1 aromatic rings. The molecule has 1 N–H and O–H groups in total. The first kappa shape index (κ1) is 16.0. The average Bonchev–Trinajstić information content (AvgIpc) is 2.52. The van der Waals surface area contributed by atoms with Crippen LogP contribution in [0, 0.1) is 0 Å². The molecular weight excluding hydrogens is 294 g/mol. The predicted octanol–water partition coefficient (Wildman–Crippen LogP) is 2.49. The van der Waals surface area contributed by atoms with Crippen LogP contribution in [0.3, 0.4) is 0 Å². The van der Waals surface area contributed by atoms with Crippen LogP contribution < -0.4 is 0 Å². The van der Waals surface area contributed by atoms with E-state index in [0.29, 0.717) is 26.1 Å². The Labute approximate surface area is 136 Å². The van der Waals surface area contributed by atoms with Gasteiger partial charge in [0.05, 0.1) is 30.9 Å². The number of benzene rings is 1. The lowest BCUT2D eigenvalue weighted by Crippen LogP contribution is -2.63. The minimum atomic E-state index is -0.921. The Morgan fingerprint density at radius 2 is 1.96 bits per heavy atom. The van der Waals surface area contributed by atoms with Crippen LogP contribution in [0.25, 0.3) is 0 Å². The molecule has 23 heavy (non-hydrogen) atoms. The van der Waals surface area contributed by atoms with Gasteiger partial charge in [-0.05, 0) is 18.1 Å². The number of amides is 1. The van der Waals surface area contributed by atoms with Gasteiger partial charge in [-0.25, -0.2) is 4.79 Å². The number of ether oxygens (including phenoxy) is 2. The molecule has 0 radical (unpaired) electrons. The van der Waals surface area contributed by atoms with E-state index in [9.17, 15) is 9.90 Å². The zero-order valence-electron chi connectivity index (χ0n) is 13.4. The molecule has 2 heterocycles. The van der Waals surface area contributed by atoms with Crippen molar-refractivity contribution in [3.63, 3.8) is 0 Å². The second-order valence-electron chi connectivity index (χ2n) is 6.51. The normalized spacial score (nSPS) is 29.9. The molecule has 5 nitrogen and oxygen atoms in total. The van der Waals surface area contributed by atoms with Crippen LogP contribution in [-0.2, 0) is 16.1 Å². The van der Waals surface area contributed by atoms with Gasteiger partial charge in [-0.2, -0.15) is 0 Å². The number of morpholine rings is 1. The second-order valence-corrected chi connectivity index (χ2v) is 6.51.